The van der Waals surface area contributed by atoms with Crippen molar-refractivity contribution in [1.29, 1.82) is 0 Å². The van der Waals surface area contributed by atoms with Gasteiger partial charge in [-0.15, -0.1) is 0 Å². The van der Waals surface area contributed by atoms with Crippen LogP contribution in [0.15, 0.2) is 69.9 Å². The minimum absolute atomic E-state index is 0.103. The number of benzene rings is 1. The lowest BCUT2D eigenvalue weighted by Gasteiger charge is -2.34. The Morgan fingerprint density at radius 1 is 1.27 bits per heavy atom. The van der Waals surface area contributed by atoms with Gasteiger partial charge in [-0.05, 0) is 49.3 Å². The smallest absolute Gasteiger partial charge is 0.417 e. The molecular weight excluding hydrogens is 540 g/mol. The molecule has 7 nitrogen and oxygen atoms in total. The number of nitrogens with one attached hydrogen (secondary N) is 1. The van der Waals surface area contributed by atoms with Gasteiger partial charge < -0.3 is 14.8 Å². The van der Waals surface area contributed by atoms with Gasteiger partial charge in [0.1, 0.15) is 24.4 Å². The number of Topliss-reactive ketones (excluding diaryl/α,β-unsaturated/α-hetero) is 1. The molecule has 3 rings (SSSR count). The van der Waals surface area contributed by atoms with Crippen LogP contribution < -0.4 is 5.32 Å². The van der Waals surface area contributed by atoms with E-state index in [9.17, 15) is 30.8 Å². The van der Waals surface area contributed by atoms with Crippen molar-refractivity contribution in [2.24, 2.45) is 5.92 Å². The Hall–Kier alpha value is -2.83. The normalized spacial score (nSPS) is 20.5. The van der Waals surface area contributed by atoms with Crippen LogP contribution in [0.4, 0.5) is 17.6 Å². The number of ketones is 1. The Kier molecular flexibility index (Phi) is 8.45. The largest absolute Gasteiger partial charge is 0.500 e. The number of ether oxygens (including phenoxy) is 2. The molecule has 13 heteroatoms. The van der Waals surface area contributed by atoms with Crippen LogP contribution in [0.1, 0.15) is 25.8 Å². The summed E-state index contributed by atoms with van der Waals surface area (Å²) in [5, 5.41) is 2.10. The van der Waals surface area contributed by atoms with Crippen molar-refractivity contribution in [1.82, 2.24) is 9.62 Å². The second kappa shape index (κ2) is 10.9. The summed E-state index contributed by atoms with van der Waals surface area (Å²) in [6.07, 6.45) is -0.577. The molecule has 37 heavy (non-hydrogen) atoms. The van der Waals surface area contributed by atoms with Gasteiger partial charge in [-0.1, -0.05) is 18.5 Å². The Balaban J connectivity index is 2.15. The number of alkyl halides is 3. The lowest BCUT2D eigenvalue weighted by molar-refractivity contribution is -0.137. The number of hydrogen-bond acceptors (Lipinski definition) is 6. The second-order valence-corrected chi connectivity index (χ2v) is 10.7. The molecule has 202 valence electrons. The number of rotatable bonds is 8. The fourth-order valence-corrected chi connectivity index (χ4v) is 5.70. The summed E-state index contributed by atoms with van der Waals surface area (Å²) in [5.41, 5.74) is -1.37. The topological polar surface area (TPSA) is 84.9 Å². The minimum Gasteiger partial charge on any atom is -0.500 e. The first-order valence-corrected chi connectivity index (χ1v) is 12.8. The zero-order valence-corrected chi connectivity index (χ0v) is 21.9. The summed E-state index contributed by atoms with van der Waals surface area (Å²) in [5.74, 6) is -1.85. The van der Waals surface area contributed by atoms with Gasteiger partial charge in [0.2, 0.25) is 0 Å². The summed E-state index contributed by atoms with van der Waals surface area (Å²) < 4.78 is 93.4. The Morgan fingerprint density at radius 2 is 1.95 bits per heavy atom. The van der Waals surface area contributed by atoms with Crippen molar-refractivity contribution < 1.29 is 40.2 Å². The molecule has 0 radical (unpaired) electrons. The molecule has 0 saturated carbocycles. The summed E-state index contributed by atoms with van der Waals surface area (Å²) in [4.78, 5) is 12.9. The van der Waals surface area contributed by atoms with Crippen LogP contribution in [-0.4, -0.2) is 45.5 Å². The molecule has 1 heterocycles. The first kappa shape index (κ1) is 28.7. The van der Waals surface area contributed by atoms with Crippen molar-refractivity contribution in [2.45, 2.75) is 37.4 Å². The zero-order chi connectivity index (χ0) is 27.7. The number of dihydropyridines is 1. The van der Waals surface area contributed by atoms with Crippen LogP contribution in [0.3, 0.4) is 0 Å². The number of carbonyl (C=O) groups is 1. The van der Waals surface area contributed by atoms with Gasteiger partial charge in [0.25, 0.3) is 10.0 Å². The third-order valence-electron chi connectivity index (χ3n) is 5.83. The molecule has 1 aromatic rings. The molecule has 1 aliphatic carbocycles. The molecule has 0 spiro atoms. The Morgan fingerprint density at radius 3 is 2.54 bits per heavy atom. The molecule has 2 aliphatic rings. The average molecular weight is 565 g/mol. The maximum Gasteiger partial charge on any atom is 0.417 e. The summed E-state index contributed by atoms with van der Waals surface area (Å²) >= 11 is 5.66. The quantitative estimate of drug-likeness (QED) is 0.350. The van der Waals surface area contributed by atoms with Gasteiger partial charge in [-0.2, -0.15) is 13.2 Å². The maximum absolute atomic E-state index is 14.9. The molecule has 1 aliphatic heterocycles. The first-order chi connectivity index (χ1) is 17.2. The highest BCUT2D eigenvalue weighted by Gasteiger charge is 2.41. The van der Waals surface area contributed by atoms with Crippen molar-refractivity contribution in [2.75, 3.05) is 21.0 Å². The van der Waals surface area contributed by atoms with E-state index in [2.05, 4.69) is 5.32 Å². The van der Waals surface area contributed by atoms with Crippen molar-refractivity contribution >= 4 is 27.4 Å². The van der Waals surface area contributed by atoms with Crippen LogP contribution in [0, 0.1) is 5.92 Å². The molecule has 0 bridgehead atoms. The molecule has 1 aromatic carbocycles. The van der Waals surface area contributed by atoms with Gasteiger partial charge >= 0.3 is 6.18 Å². The molecule has 0 saturated heterocycles. The van der Waals surface area contributed by atoms with Crippen molar-refractivity contribution in [3.05, 3.63) is 75.6 Å². The van der Waals surface area contributed by atoms with E-state index in [1.807, 2.05) is 0 Å². The third-order valence-corrected chi connectivity index (χ3v) is 7.90. The highest BCUT2D eigenvalue weighted by atomic mass is 35.5. The number of halogens is 5. The van der Waals surface area contributed by atoms with Crippen molar-refractivity contribution in [3.63, 3.8) is 0 Å². The van der Waals surface area contributed by atoms with E-state index in [1.165, 1.54) is 32.6 Å². The van der Waals surface area contributed by atoms with Gasteiger partial charge in [0.05, 0.1) is 33.9 Å². The summed E-state index contributed by atoms with van der Waals surface area (Å²) in [7, 11) is -2.24. The van der Waals surface area contributed by atoms with Crippen LogP contribution in [-0.2, 0) is 30.5 Å². The lowest BCUT2D eigenvalue weighted by Crippen LogP contribution is -2.47. The predicted octanol–water partition coefficient (Wildman–Crippen LogP) is 5.08. The molecule has 1 N–H and O–H groups in total. The lowest BCUT2D eigenvalue weighted by atomic mass is 9.88. The first-order valence-electron chi connectivity index (χ1n) is 10.9. The number of allylic oxidation sites excluding steroid dienone is 5. The summed E-state index contributed by atoms with van der Waals surface area (Å²) in [6, 6.07) is 0.728. The minimum atomic E-state index is -4.91. The third kappa shape index (κ3) is 5.70. The van der Waals surface area contributed by atoms with E-state index in [0.29, 0.717) is 22.4 Å². The number of carbonyl (C=O) groups excluding carboxylic acids is 1. The fourth-order valence-electron chi connectivity index (χ4n) is 4.03. The van der Waals surface area contributed by atoms with Crippen LogP contribution in [0.25, 0.3) is 0 Å². The van der Waals surface area contributed by atoms with E-state index in [0.717, 1.165) is 12.1 Å². The number of methoxy groups -OCH3 is 2. The standard InChI is InChI=1S/C24H25ClF4N2O5S/c1-13-9-19(21(30-11-13)22(32)20-18(26)8-5-14(2)23(20)36-4)31(12-35-3)37(33,34)15-6-7-17(25)16(10-15)24(27,28)29/h6-11,14,21,30H,5,12H2,1-4H3. The molecule has 0 aromatic heterocycles. The summed E-state index contributed by atoms with van der Waals surface area (Å²) in [6.45, 7) is 2.70. The second-order valence-electron chi connectivity index (χ2n) is 8.46. The van der Waals surface area contributed by atoms with Gasteiger partial charge in [0.15, 0.2) is 5.78 Å². The number of nitrogens with zero attached hydrogens (tertiary/aromatic N) is 1. The molecule has 0 amide bonds. The van der Waals surface area contributed by atoms with E-state index < -0.39 is 56.1 Å². The van der Waals surface area contributed by atoms with Crippen LogP contribution in [0.5, 0.6) is 0 Å². The van der Waals surface area contributed by atoms with E-state index >= 15 is 0 Å². The Bertz CT molecular complexity index is 1320. The van der Waals surface area contributed by atoms with Gasteiger partial charge in [-0.25, -0.2) is 17.1 Å². The van der Waals surface area contributed by atoms with Crippen LogP contribution in [0.2, 0.25) is 5.02 Å². The van der Waals surface area contributed by atoms with Gasteiger partial charge in [0, 0.05) is 19.2 Å². The maximum atomic E-state index is 14.9. The molecular formula is C24H25ClF4N2O5S. The SMILES string of the molecule is COCN(C1=CC(C)=CNC1C(=O)C1=C(OC)C(C)CC=C1F)S(=O)(=O)c1ccc(Cl)c(C(F)(F)F)c1. The predicted molar refractivity (Wildman–Crippen MR) is 128 cm³/mol. The van der Waals surface area contributed by atoms with E-state index in [4.69, 9.17) is 21.1 Å². The average Bonchev–Trinajstić information content (AvgIpc) is 2.82. The number of sulfonamides is 1. The highest BCUT2D eigenvalue weighted by Crippen LogP contribution is 2.38. The van der Waals surface area contributed by atoms with E-state index in [1.54, 1.807) is 13.8 Å². The van der Waals surface area contributed by atoms with E-state index in [-0.39, 0.29) is 22.9 Å². The molecule has 0 fully saturated rings. The monoisotopic (exact) mass is 564 g/mol. The highest BCUT2D eigenvalue weighted by molar-refractivity contribution is 7.89. The molecule has 2 unspecified atom stereocenters. The van der Waals surface area contributed by atoms with Crippen molar-refractivity contribution in [3.8, 4) is 0 Å². The zero-order valence-electron chi connectivity index (χ0n) is 20.3. The number of hydrogen-bond donors (Lipinski definition) is 1. The molecule has 2 atom stereocenters. The van der Waals surface area contributed by atoms with Gasteiger partial charge in [-0.3, -0.25) is 4.79 Å². The fraction of sp³-hybridized carbons (Fsp3) is 0.375. The van der Waals surface area contributed by atoms with Crippen LogP contribution >= 0.6 is 11.6 Å². The Labute approximate surface area is 217 Å².